The molecule has 4 nitrogen and oxygen atoms in total. The Kier molecular flexibility index (Phi) is 4.83. The minimum Gasteiger partial charge on any atom is -0.353 e. The Bertz CT molecular complexity index is 333. The van der Waals surface area contributed by atoms with Gasteiger partial charge in [-0.1, -0.05) is 26.7 Å². The van der Waals surface area contributed by atoms with E-state index in [0.29, 0.717) is 19.0 Å². The smallest absolute Gasteiger partial charge is 0.225 e. The summed E-state index contributed by atoms with van der Waals surface area (Å²) < 4.78 is 0. The van der Waals surface area contributed by atoms with E-state index in [4.69, 9.17) is 0 Å². The molecule has 0 aromatic carbocycles. The zero-order valence-electron chi connectivity index (χ0n) is 12.2. The molecule has 1 saturated carbocycles. The number of amides is 2. The lowest BCUT2D eigenvalue weighted by Gasteiger charge is -2.24. The van der Waals surface area contributed by atoms with Gasteiger partial charge in [-0.25, -0.2) is 0 Å². The summed E-state index contributed by atoms with van der Waals surface area (Å²) in [6, 6.07) is 0.654. The van der Waals surface area contributed by atoms with Crippen molar-refractivity contribution in [3.63, 3.8) is 0 Å². The fraction of sp³-hybridized carbons (Fsp3) is 0.867. The Hall–Kier alpha value is -1.06. The number of rotatable bonds is 5. The Balaban J connectivity index is 1.89. The maximum atomic E-state index is 12.2. The Labute approximate surface area is 115 Å². The van der Waals surface area contributed by atoms with Crippen molar-refractivity contribution in [1.82, 2.24) is 10.2 Å². The minimum atomic E-state index is -0.131. The lowest BCUT2D eigenvalue weighted by molar-refractivity contribution is -0.130. The summed E-state index contributed by atoms with van der Waals surface area (Å²) in [4.78, 5) is 26.2. The highest BCUT2D eigenvalue weighted by Crippen LogP contribution is 2.29. The molecule has 0 spiro atoms. The molecule has 1 heterocycles. The lowest BCUT2D eigenvalue weighted by Crippen LogP contribution is -2.40. The molecule has 0 aromatic heterocycles. The van der Waals surface area contributed by atoms with Crippen molar-refractivity contribution in [2.75, 3.05) is 6.54 Å². The molecule has 0 radical (unpaired) electrons. The van der Waals surface area contributed by atoms with Crippen LogP contribution in [-0.4, -0.2) is 35.3 Å². The number of hydrogen-bond donors (Lipinski definition) is 1. The van der Waals surface area contributed by atoms with Crippen molar-refractivity contribution in [3.05, 3.63) is 0 Å². The highest BCUT2D eigenvalue weighted by atomic mass is 16.2. The molecule has 0 aromatic rings. The number of carbonyl (C=O) groups is 2. The second-order valence-electron chi connectivity index (χ2n) is 5.91. The first-order chi connectivity index (χ1) is 9.15. The molecule has 1 aliphatic heterocycles. The molecule has 108 valence electrons. The van der Waals surface area contributed by atoms with Gasteiger partial charge >= 0.3 is 0 Å². The first-order valence-corrected chi connectivity index (χ1v) is 7.75. The van der Waals surface area contributed by atoms with Gasteiger partial charge in [0.2, 0.25) is 11.8 Å². The summed E-state index contributed by atoms with van der Waals surface area (Å²) in [7, 11) is 0. The van der Waals surface area contributed by atoms with E-state index in [1.165, 1.54) is 12.8 Å². The van der Waals surface area contributed by atoms with E-state index in [1.807, 2.05) is 4.90 Å². The van der Waals surface area contributed by atoms with Crippen molar-refractivity contribution in [1.29, 1.82) is 0 Å². The van der Waals surface area contributed by atoms with Crippen LogP contribution in [0.2, 0.25) is 0 Å². The molecule has 2 rings (SSSR count). The van der Waals surface area contributed by atoms with Crippen molar-refractivity contribution >= 4 is 11.8 Å². The number of carbonyl (C=O) groups excluding carboxylic acids is 2. The zero-order valence-corrected chi connectivity index (χ0v) is 12.2. The van der Waals surface area contributed by atoms with Crippen LogP contribution in [0.25, 0.3) is 0 Å². The number of likely N-dealkylation sites (tertiary alicyclic amines) is 1. The highest BCUT2D eigenvalue weighted by Gasteiger charge is 2.38. The third-order valence-corrected chi connectivity index (χ3v) is 4.63. The predicted octanol–water partition coefficient (Wildman–Crippen LogP) is 2.08. The summed E-state index contributed by atoms with van der Waals surface area (Å²) >= 11 is 0. The quantitative estimate of drug-likeness (QED) is 0.828. The average molecular weight is 266 g/mol. The average Bonchev–Trinajstić information content (AvgIpc) is 3.04. The van der Waals surface area contributed by atoms with Crippen LogP contribution in [0, 0.1) is 5.92 Å². The topological polar surface area (TPSA) is 49.4 Å². The molecule has 2 aliphatic rings. The molecule has 19 heavy (non-hydrogen) atoms. The molecule has 1 saturated heterocycles. The Morgan fingerprint density at radius 3 is 2.53 bits per heavy atom. The van der Waals surface area contributed by atoms with Gasteiger partial charge in [0.25, 0.3) is 0 Å². The normalized spacial score (nSPS) is 24.5. The van der Waals surface area contributed by atoms with Gasteiger partial charge in [0.1, 0.15) is 0 Å². The number of nitrogens with one attached hydrogen (secondary N) is 1. The molecule has 1 atom stereocenters. The van der Waals surface area contributed by atoms with Gasteiger partial charge in [-0.05, 0) is 25.7 Å². The summed E-state index contributed by atoms with van der Waals surface area (Å²) in [5.41, 5.74) is 0. The van der Waals surface area contributed by atoms with Gasteiger partial charge < -0.3 is 10.2 Å². The maximum absolute atomic E-state index is 12.2. The van der Waals surface area contributed by atoms with E-state index < -0.39 is 0 Å². The minimum absolute atomic E-state index is 0.0718. The second-order valence-corrected chi connectivity index (χ2v) is 5.91. The molecule has 1 N–H and O–H groups in total. The van der Waals surface area contributed by atoms with Gasteiger partial charge in [-0.3, -0.25) is 9.59 Å². The third-order valence-electron chi connectivity index (χ3n) is 4.63. The lowest BCUT2D eigenvalue weighted by atomic mass is 10.1. The molecule has 2 fully saturated rings. The molecule has 2 amide bonds. The van der Waals surface area contributed by atoms with E-state index in [0.717, 1.165) is 25.7 Å². The van der Waals surface area contributed by atoms with E-state index in [1.54, 1.807) is 0 Å². The fourth-order valence-electron chi connectivity index (χ4n) is 3.29. The molecular formula is C15H26N2O2. The van der Waals surface area contributed by atoms with Gasteiger partial charge in [0.15, 0.2) is 0 Å². The van der Waals surface area contributed by atoms with Gasteiger partial charge in [0.05, 0.1) is 5.92 Å². The fourth-order valence-corrected chi connectivity index (χ4v) is 3.29. The van der Waals surface area contributed by atoms with Crippen LogP contribution in [0.3, 0.4) is 0 Å². The number of hydrogen-bond acceptors (Lipinski definition) is 2. The molecular weight excluding hydrogens is 240 g/mol. The van der Waals surface area contributed by atoms with Crippen LogP contribution in [0.5, 0.6) is 0 Å². The zero-order chi connectivity index (χ0) is 13.8. The van der Waals surface area contributed by atoms with E-state index in [-0.39, 0.29) is 23.8 Å². The molecule has 1 aliphatic carbocycles. The maximum Gasteiger partial charge on any atom is 0.225 e. The standard InChI is InChI=1S/C15H26N2O2/c1-3-12(4-2)16-15(19)11-9-14(18)17(10-11)13-7-5-6-8-13/h11-13H,3-10H2,1-2H3,(H,16,19). The van der Waals surface area contributed by atoms with E-state index in [2.05, 4.69) is 19.2 Å². The predicted molar refractivity (Wildman–Crippen MR) is 74.6 cm³/mol. The second kappa shape index (κ2) is 6.40. The van der Waals surface area contributed by atoms with Crippen LogP contribution in [0.1, 0.15) is 58.8 Å². The van der Waals surface area contributed by atoms with E-state index in [9.17, 15) is 9.59 Å². The Morgan fingerprint density at radius 2 is 1.95 bits per heavy atom. The molecule has 4 heteroatoms. The third kappa shape index (κ3) is 3.28. The van der Waals surface area contributed by atoms with Crippen molar-refractivity contribution in [2.24, 2.45) is 5.92 Å². The molecule has 1 unspecified atom stereocenters. The highest BCUT2D eigenvalue weighted by molar-refractivity contribution is 5.89. The van der Waals surface area contributed by atoms with E-state index >= 15 is 0 Å². The summed E-state index contributed by atoms with van der Waals surface area (Å²) in [6.07, 6.45) is 6.99. The van der Waals surface area contributed by atoms with Crippen LogP contribution < -0.4 is 5.32 Å². The van der Waals surface area contributed by atoms with Crippen molar-refractivity contribution < 1.29 is 9.59 Å². The monoisotopic (exact) mass is 266 g/mol. The van der Waals surface area contributed by atoms with Gasteiger partial charge in [-0.2, -0.15) is 0 Å². The van der Waals surface area contributed by atoms with Crippen LogP contribution in [-0.2, 0) is 9.59 Å². The SMILES string of the molecule is CCC(CC)NC(=O)C1CC(=O)N(C2CCCC2)C1. The van der Waals surface area contributed by atoms with Crippen LogP contribution in [0.15, 0.2) is 0 Å². The Morgan fingerprint density at radius 1 is 1.32 bits per heavy atom. The van der Waals surface area contributed by atoms with Crippen molar-refractivity contribution in [2.45, 2.75) is 70.9 Å². The van der Waals surface area contributed by atoms with Crippen LogP contribution >= 0.6 is 0 Å². The summed E-state index contributed by atoms with van der Waals surface area (Å²) in [5, 5.41) is 3.07. The summed E-state index contributed by atoms with van der Waals surface area (Å²) in [6.45, 7) is 4.80. The largest absolute Gasteiger partial charge is 0.353 e. The van der Waals surface area contributed by atoms with Crippen LogP contribution in [0.4, 0.5) is 0 Å². The van der Waals surface area contributed by atoms with Gasteiger partial charge in [-0.15, -0.1) is 0 Å². The van der Waals surface area contributed by atoms with Crippen molar-refractivity contribution in [3.8, 4) is 0 Å². The molecule has 0 bridgehead atoms. The number of nitrogens with zero attached hydrogens (tertiary/aromatic N) is 1. The summed E-state index contributed by atoms with van der Waals surface area (Å²) in [5.74, 6) is 0.118. The first kappa shape index (κ1) is 14.4. The first-order valence-electron chi connectivity index (χ1n) is 7.75. The van der Waals surface area contributed by atoms with Gasteiger partial charge in [0, 0.05) is 25.0 Å².